The van der Waals surface area contributed by atoms with Crippen molar-refractivity contribution in [1.82, 2.24) is 10.2 Å². The van der Waals surface area contributed by atoms with Crippen LogP contribution in [0.15, 0.2) is 36.0 Å². The number of allylic oxidation sites excluding steroid dienone is 6. The van der Waals surface area contributed by atoms with Gasteiger partial charge in [-0.05, 0) is 25.3 Å². The van der Waals surface area contributed by atoms with Gasteiger partial charge in [0.15, 0.2) is 0 Å². The molecule has 1 aliphatic heterocycles. The van der Waals surface area contributed by atoms with Crippen molar-refractivity contribution in [2.75, 3.05) is 32.7 Å². The minimum Gasteiger partial charge on any atom is -0.314 e. The quantitative estimate of drug-likeness (QED) is 0.800. The van der Waals surface area contributed by atoms with Crippen LogP contribution in [0.3, 0.4) is 0 Å². The molecule has 1 unspecified atom stereocenters. The average molecular weight is 232 g/mol. The summed E-state index contributed by atoms with van der Waals surface area (Å²) in [6.07, 6.45) is 13.7. The fourth-order valence-corrected chi connectivity index (χ4v) is 2.48. The number of hydrogen-bond donors (Lipinski definition) is 1. The van der Waals surface area contributed by atoms with Crippen molar-refractivity contribution in [2.45, 2.75) is 19.8 Å². The Morgan fingerprint density at radius 1 is 1.29 bits per heavy atom. The highest BCUT2D eigenvalue weighted by Gasteiger charge is 2.08. The Hall–Kier alpha value is -0.860. The average Bonchev–Trinajstić information content (AvgIpc) is 2.55. The number of nitrogens with one attached hydrogen (secondary N) is 1. The van der Waals surface area contributed by atoms with Gasteiger partial charge in [-0.15, -0.1) is 0 Å². The highest BCUT2D eigenvalue weighted by Crippen LogP contribution is 2.15. The molecule has 17 heavy (non-hydrogen) atoms. The van der Waals surface area contributed by atoms with E-state index in [9.17, 15) is 0 Å². The number of piperazine rings is 1. The van der Waals surface area contributed by atoms with Gasteiger partial charge in [0.1, 0.15) is 0 Å². The molecule has 1 saturated heterocycles. The molecular formula is C15H24N2. The first-order valence-electron chi connectivity index (χ1n) is 6.83. The van der Waals surface area contributed by atoms with Gasteiger partial charge in [-0.2, -0.15) is 0 Å². The lowest BCUT2D eigenvalue weighted by Gasteiger charge is -2.27. The first kappa shape index (κ1) is 12.6. The second-order valence-corrected chi connectivity index (χ2v) is 5.04. The van der Waals surface area contributed by atoms with Crippen LogP contribution in [0.4, 0.5) is 0 Å². The zero-order valence-corrected chi connectivity index (χ0v) is 10.9. The Labute approximate surface area is 105 Å². The molecule has 0 aromatic rings. The fourth-order valence-electron chi connectivity index (χ4n) is 2.48. The predicted octanol–water partition coefficient (Wildman–Crippen LogP) is 2.36. The molecule has 2 heteroatoms. The molecule has 0 amide bonds. The Morgan fingerprint density at radius 3 is 2.94 bits per heavy atom. The van der Waals surface area contributed by atoms with Gasteiger partial charge in [0, 0.05) is 26.2 Å². The van der Waals surface area contributed by atoms with E-state index >= 15 is 0 Å². The molecule has 2 nitrogen and oxygen atoms in total. The Balaban J connectivity index is 1.70. The molecule has 0 radical (unpaired) electrons. The van der Waals surface area contributed by atoms with Crippen LogP contribution in [-0.4, -0.2) is 37.6 Å². The molecular weight excluding hydrogens is 208 g/mol. The van der Waals surface area contributed by atoms with Gasteiger partial charge in [-0.25, -0.2) is 0 Å². The summed E-state index contributed by atoms with van der Waals surface area (Å²) in [6.45, 7) is 8.24. The molecule has 94 valence electrons. The minimum absolute atomic E-state index is 0.583. The SMILES string of the molecule is CC1C=CC=CC(CCCN2CCNCC2)=C1. The van der Waals surface area contributed by atoms with Crippen molar-refractivity contribution in [3.8, 4) is 0 Å². The summed E-state index contributed by atoms with van der Waals surface area (Å²) in [6, 6.07) is 0. The lowest BCUT2D eigenvalue weighted by Crippen LogP contribution is -2.43. The number of rotatable bonds is 4. The standard InChI is InChI=1S/C15H24N2/c1-14-5-2-3-6-15(13-14)7-4-10-17-11-8-16-9-12-17/h2-3,5-6,13-14,16H,4,7-12H2,1H3. The predicted molar refractivity (Wildman–Crippen MR) is 74.1 cm³/mol. The highest BCUT2D eigenvalue weighted by molar-refractivity contribution is 5.27. The van der Waals surface area contributed by atoms with Crippen LogP contribution in [0.1, 0.15) is 19.8 Å². The van der Waals surface area contributed by atoms with E-state index in [-0.39, 0.29) is 0 Å². The van der Waals surface area contributed by atoms with Crippen LogP contribution in [0, 0.1) is 5.92 Å². The molecule has 1 atom stereocenters. The molecule has 1 aliphatic carbocycles. The summed E-state index contributed by atoms with van der Waals surface area (Å²) < 4.78 is 0. The number of nitrogens with zero attached hydrogens (tertiary/aromatic N) is 1. The molecule has 0 aromatic heterocycles. The summed E-state index contributed by atoms with van der Waals surface area (Å²) in [5.74, 6) is 0.583. The molecule has 2 aliphatic rings. The van der Waals surface area contributed by atoms with Crippen molar-refractivity contribution >= 4 is 0 Å². The molecule has 0 saturated carbocycles. The third-order valence-electron chi connectivity index (χ3n) is 3.46. The van der Waals surface area contributed by atoms with E-state index in [4.69, 9.17) is 0 Å². The fraction of sp³-hybridized carbons (Fsp3) is 0.600. The van der Waals surface area contributed by atoms with Crippen molar-refractivity contribution < 1.29 is 0 Å². The van der Waals surface area contributed by atoms with Gasteiger partial charge >= 0.3 is 0 Å². The molecule has 1 fully saturated rings. The van der Waals surface area contributed by atoms with Crippen LogP contribution in [0.5, 0.6) is 0 Å². The van der Waals surface area contributed by atoms with Gasteiger partial charge in [-0.3, -0.25) is 0 Å². The maximum absolute atomic E-state index is 3.40. The van der Waals surface area contributed by atoms with E-state index in [2.05, 4.69) is 47.5 Å². The molecule has 2 rings (SSSR count). The first-order chi connectivity index (χ1) is 8.34. The van der Waals surface area contributed by atoms with Crippen molar-refractivity contribution in [3.05, 3.63) is 36.0 Å². The van der Waals surface area contributed by atoms with Gasteiger partial charge < -0.3 is 10.2 Å². The monoisotopic (exact) mass is 232 g/mol. The summed E-state index contributed by atoms with van der Waals surface area (Å²) in [5, 5.41) is 3.40. The largest absolute Gasteiger partial charge is 0.314 e. The van der Waals surface area contributed by atoms with E-state index in [0.29, 0.717) is 5.92 Å². The zero-order valence-electron chi connectivity index (χ0n) is 10.9. The molecule has 0 bridgehead atoms. The van der Waals surface area contributed by atoms with E-state index in [1.54, 1.807) is 0 Å². The van der Waals surface area contributed by atoms with E-state index in [0.717, 1.165) is 13.1 Å². The van der Waals surface area contributed by atoms with Gasteiger partial charge in [-0.1, -0.05) is 42.9 Å². The van der Waals surface area contributed by atoms with Crippen LogP contribution in [-0.2, 0) is 0 Å². The van der Waals surface area contributed by atoms with E-state index < -0.39 is 0 Å². The second-order valence-electron chi connectivity index (χ2n) is 5.04. The number of hydrogen-bond acceptors (Lipinski definition) is 2. The van der Waals surface area contributed by atoms with E-state index in [1.165, 1.54) is 38.0 Å². The highest BCUT2D eigenvalue weighted by atomic mass is 15.2. The molecule has 1 heterocycles. The zero-order chi connectivity index (χ0) is 11.9. The van der Waals surface area contributed by atoms with Crippen LogP contribution in [0.25, 0.3) is 0 Å². The van der Waals surface area contributed by atoms with Crippen LogP contribution < -0.4 is 5.32 Å². The molecule has 0 aromatic carbocycles. The third kappa shape index (κ3) is 4.49. The van der Waals surface area contributed by atoms with Gasteiger partial charge in [0.05, 0.1) is 0 Å². The summed E-state index contributed by atoms with van der Waals surface area (Å²) in [7, 11) is 0. The summed E-state index contributed by atoms with van der Waals surface area (Å²) >= 11 is 0. The lowest BCUT2D eigenvalue weighted by atomic mass is 10.0. The lowest BCUT2D eigenvalue weighted by molar-refractivity contribution is 0.238. The maximum Gasteiger partial charge on any atom is 0.0107 e. The third-order valence-corrected chi connectivity index (χ3v) is 3.46. The Bertz CT molecular complexity index is 309. The summed E-state index contributed by atoms with van der Waals surface area (Å²) in [5.41, 5.74) is 1.50. The minimum atomic E-state index is 0.583. The van der Waals surface area contributed by atoms with Crippen LogP contribution in [0.2, 0.25) is 0 Å². The maximum atomic E-state index is 3.40. The van der Waals surface area contributed by atoms with Gasteiger partial charge in [0.2, 0.25) is 0 Å². The normalized spacial score (nSPS) is 25.7. The van der Waals surface area contributed by atoms with Crippen LogP contribution >= 0.6 is 0 Å². The van der Waals surface area contributed by atoms with E-state index in [1.807, 2.05) is 0 Å². The van der Waals surface area contributed by atoms with Crippen molar-refractivity contribution in [3.63, 3.8) is 0 Å². The smallest absolute Gasteiger partial charge is 0.0107 e. The Kier molecular flexibility index (Phi) is 5.02. The Morgan fingerprint density at radius 2 is 2.12 bits per heavy atom. The van der Waals surface area contributed by atoms with Gasteiger partial charge in [0.25, 0.3) is 0 Å². The molecule has 0 spiro atoms. The first-order valence-corrected chi connectivity index (χ1v) is 6.83. The van der Waals surface area contributed by atoms with Crippen molar-refractivity contribution in [2.24, 2.45) is 5.92 Å². The molecule has 1 N–H and O–H groups in total. The second kappa shape index (κ2) is 6.77. The topological polar surface area (TPSA) is 15.3 Å². The summed E-state index contributed by atoms with van der Waals surface area (Å²) in [4.78, 5) is 2.57. The van der Waals surface area contributed by atoms with Crippen molar-refractivity contribution in [1.29, 1.82) is 0 Å².